The molecule has 0 unspecified atom stereocenters. The summed E-state index contributed by atoms with van der Waals surface area (Å²) in [6.07, 6.45) is 1.32. The highest BCUT2D eigenvalue weighted by atomic mass is 19.1. The summed E-state index contributed by atoms with van der Waals surface area (Å²) >= 11 is 0. The number of piperidine rings is 1. The minimum absolute atomic E-state index is 0.326. The van der Waals surface area contributed by atoms with Crippen molar-refractivity contribution in [3.63, 3.8) is 0 Å². The fraction of sp³-hybridized carbons (Fsp3) is 0.462. The van der Waals surface area contributed by atoms with Gasteiger partial charge in [-0.25, -0.2) is 8.78 Å². The Morgan fingerprint density at radius 3 is 2.39 bits per heavy atom. The Morgan fingerprint density at radius 2 is 1.83 bits per heavy atom. The van der Waals surface area contributed by atoms with Gasteiger partial charge in [-0.3, -0.25) is 4.79 Å². The molecule has 0 bridgehead atoms. The maximum Gasteiger partial charge on any atom is 0.230 e. The predicted octanol–water partition coefficient (Wildman–Crippen LogP) is 2.29. The molecular formula is C13H16F2N2O. The summed E-state index contributed by atoms with van der Waals surface area (Å²) < 4.78 is 26.9. The lowest BCUT2D eigenvalue weighted by molar-refractivity contribution is -0.126. The molecule has 2 rings (SSSR count). The summed E-state index contributed by atoms with van der Waals surface area (Å²) in [7, 11) is 0. The van der Waals surface area contributed by atoms with E-state index in [0.29, 0.717) is 12.8 Å². The molecule has 1 saturated heterocycles. The van der Waals surface area contributed by atoms with Gasteiger partial charge in [0.25, 0.3) is 0 Å². The van der Waals surface area contributed by atoms with Crippen molar-refractivity contribution in [2.75, 3.05) is 18.4 Å². The van der Waals surface area contributed by atoms with E-state index in [4.69, 9.17) is 0 Å². The smallest absolute Gasteiger partial charge is 0.230 e. The number of rotatable bonds is 2. The van der Waals surface area contributed by atoms with Crippen LogP contribution in [0.3, 0.4) is 0 Å². The van der Waals surface area contributed by atoms with Crippen LogP contribution in [0.15, 0.2) is 18.2 Å². The number of para-hydroxylation sites is 1. The monoisotopic (exact) mass is 254 g/mol. The highest BCUT2D eigenvalue weighted by Crippen LogP contribution is 2.30. The second-order valence-electron chi connectivity index (χ2n) is 4.86. The fourth-order valence-corrected chi connectivity index (χ4v) is 2.09. The summed E-state index contributed by atoms with van der Waals surface area (Å²) in [5.41, 5.74) is -0.928. The van der Waals surface area contributed by atoms with Gasteiger partial charge in [0.1, 0.15) is 17.3 Å². The highest BCUT2D eigenvalue weighted by molar-refractivity contribution is 5.95. The van der Waals surface area contributed by atoms with Crippen LogP contribution in [0.4, 0.5) is 14.5 Å². The van der Waals surface area contributed by atoms with Crippen LogP contribution < -0.4 is 10.6 Å². The molecule has 0 spiro atoms. The van der Waals surface area contributed by atoms with E-state index < -0.39 is 17.0 Å². The Morgan fingerprint density at radius 1 is 1.28 bits per heavy atom. The molecule has 1 heterocycles. The lowest BCUT2D eigenvalue weighted by atomic mass is 9.80. The van der Waals surface area contributed by atoms with Crippen LogP contribution in [0.2, 0.25) is 0 Å². The molecular weight excluding hydrogens is 238 g/mol. The molecule has 5 heteroatoms. The van der Waals surface area contributed by atoms with Gasteiger partial charge in [-0.2, -0.15) is 0 Å². The van der Waals surface area contributed by atoms with Crippen molar-refractivity contribution < 1.29 is 13.6 Å². The first-order valence-corrected chi connectivity index (χ1v) is 5.99. The van der Waals surface area contributed by atoms with E-state index in [1.54, 1.807) is 0 Å². The van der Waals surface area contributed by atoms with Gasteiger partial charge in [0.2, 0.25) is 5.91 Å². The van der Waals surface area contributed by atoms with Gasteiger partial charge in [-0.05, 0) is 38.1 Å². The lowest BCUT2D eigenvalue weighted by Crippen LogP contribution is -2.43. The van der Waals surface area contributed by atoms with Crippen LogP contribution in [0.1, 0.15) is 19.8 Å². The molecule has 1 fully saturated rings. The van der Waals surface area contributed by atoms with Crippen molar-refractivity contribution in [1.82, 2.24) is 5.32 Å². The van der Waals surface area contributed by atoms with Crippen molar-refractivity contribution in [2.24, 2.45) is 5.41 Å². The van der Waals surface area contributed by atoms with E-state index >= 15 is 0 Å². The van der Waals surface area contributed by atoms with Crippen molar-refractivity contribution >= 4 is 11.6 Å². The first kappa shape index (κ1) is 13.0. The molecule has 1 amide bonds. The Bertz CT molecular complexity index is 436. The Balaban J connectivity index is 2.16. The van der Waals surface area contributed by atoms with E-state index in [1.165, 1.54) is 6.07 Å². The standard InChI is InChI=1S/C13H16F2N2O/c1-13(5-7-16-8-6-13)12(18)17-11-9(14)3-2-4-10(11)15/h2-4,16H,5-8H2,1H3,(H,17,18). The summed E-state index contributed by atoms with van der Waals surface area (Å²) in [4.78, 5) is 12.1. The molecule has 1 aliphatic heterocycles. The van der Waals surface area contributed by atoms with Gasteiger partial charge in [0.05, 0.1) is 0 Å². The second kappa shape index (κ2) is 5.02. The summed E-state index contributed by atoms with van der Waals surface area (Å²) in [5, 5.41) is 5.53. The maximum absolute atomic E-state index is 13.4. The van der Waals surface area contributed by atoms with E-state index in [2.05, 4.69) is 10.6 Å². The van der Waals surface area contributed by atoms with Gasteiger partial charge >= 0.3 is 0 Å². The van der Waals surface area contributed by atoms with Gasteiger partial charge in [-0.15, -0.1) is 0 Å². The number of hydrogen-bond donors (Lipinski definition) is 2. The van der Waals surface area contributed by atoms with E-state index in [9.17, 15) is 13.6 Å². The van der Waals surface area contributed by atoms with Crippen LogP contribution in [0.25, 0.3) is 0 Å². The van der Waals surface area contributed by atoms with Crippen molar-refractivity contribution in [1.29, 1.82) is 0 Å². The van der Waals surface area contributed by atoms with Crippen LogP contribution in [-0.4, -0.2) is 19.0 Å². The normalized spacial score (nSPS) is 18.4. The zero-order chi connectivity index (χ0) is 13.2. The molecule has 0 radical (unpaired) electrons. The molecule has 1 aromatic carbocycles. The molecule has 3 nitrogen and oxygen atoms in total. The van der Waals surface area contributed by atoms with E-state index in [1.807, 2.05) is 6.92 Å². The summed E-state index contributed by atoms with van der Waals surface area (Å²) in [5.74, 6) is -1.82. The number of nitrogens with one attached hydrogen (secondary N) is 2. The van der Waals surface area contributed by atoms with E-state index in [0.717, 1.165) is 25.2 Å². The highest BCUT2D eigenvalue weighted by Gasteiger charge is 2.35. The first-order chi connectivity index (χ1) is 8.53. The minimum Gasteiger partial charge on any atom is -0.321 e. The molecule has 1 aromatic rings. The third-order valence-corrected chi connectivity index (χ3v) is 3.46. The average molecular weight is 254 g/mol. The number of carbonyl (C=O) groups is 1. The van der Waals surface area contributed by atoms with Gasteiger partial charge < -0.3 is 10.6 Å². The van der Waals surface area contributed by atoms with Crippen molar-refractivity contribution in [3.8, 4) is 0 Å². The number of halogens is 2. The number of hydrogen-bond acceptors (Lipinski definition) is 2. The lowest BCUT2D eigenvalue weighted by Gasteiger charge is -2.32. The third kappa shape index (κ3) is 2.51. The average Bonchev–Trinajstić information content (AvgIpc) is 2.34. The van der Waals surface area contributed by atoms with Crippen molar-refractivity contribution in [3.05, 3.63) is 29.8 Å². The largest absolute Gasteiger partial charge is 0.321 e. The topological polar surface area (TPSA) is 41.1 Å². The van der Waals surface area contributed by atoms with Crippen LogP contribution in [0.5, 0.6) is 0 Å². The molecule has 0 aliphatic carbocycles. The molecule has 18 heavy (non-hydrogen) atoms. The number of anilines is 1. The number of benzene rings is 1. The zero-order valence-corrected chi connectivity index (χ0v) is 10.2. The van der Waals surface area contributed by atoms with Gasteiger partial charge in [0.15, 0.2) is 0 Å². The number of carbonyl (C=O) groups excluding carboxylic acids is 1. The van der Waals surface area contributed by atoms with Crippen molar-refractivity contribution in [2.45, 2.75) is 19.8 Å². The minimum atomic E-state index is -0.749. The SMILES string of the molecule is CC1(C(=O)Nc2c(F)cccc2F)CCNCC1. The Hall–Kier alpha value is -1.49. The second-order valence-corrected chi connectivity index (χ2v) is 4.86. The predicted molar refractivity (Wildman–Crippen MR) is 65.2 cm³/mol. The van der Waals surface area contributed by atoms with E-state index in [-0.39, 0.29) is 11.6 Å². The fourth-order valence-electron chi connectivity index (χ4n) is 2.09. The number of amides is 1. The molecule has 0 aromatic heterocycles. The molecule has 1 aliphatic rings. The third-order valence-electron chi connectivity index (χ3n) is 3.46. The van der Waals surface area contributed by atoms with Gasteiger partial charge in [0, 0.05) is 5.41 Å². The molecule has 0 atom stereocenters. The van der Waals surface area contributed by atoms with Gasteiger partial charge in [-0.1, -0.05) is 13.0 Å². The molecule has 98 valence electrons. The van der Waals surface area contributed by atoms with Crippen LogP contribution >= 0.6 is 0 Å². The zero-order valence-electron chi connectivity index (χ0n) is 10.2. The molecule has 0 saturated carbocycles. The summed E-state index contributed by atoms with van der Waals surface area (Å²) in [6.45, 7) is 3.30. The molecule has 2 N–H and O–H groups in total. The van der Waals surface area contributed by atoms with Crippen LogP contribution in [-0.2, 0) is 4.79 Å². The quantitative estimate of drug-likeness (QED) is 0.850. The van der Waals surface area contributed by atoms with Crippen LogP contribution in [0, 0.1) is 17.0 Å². The summed E-state index contributed by atoms with van der Waals surface area (Å²) in [6, 6.07) is 3.53. The first-order valence-electron chi connectivity index (χ1n) is 5.99. The Labute approximate surface area is 105 Å². The maximum atomic E-state index is 13.4. The Kier molecular flexibility index (Phi) is 3.61.